The summed E-state index contributed by atoms with van der Waals surface area (Å²) in [7, 11) is 1.99. The summed E-state index contributed by atoms with van der Waals surface area (Å²) >= 11 is 0. The van der Waals surface area contributed by atoms with Crippen molar-refractivity contribution in [3.63, 3.8) is 0 Å². The molecule has 0 spiro atoms. The third-order valence-corrected chi connectivity index (χ3v) is 3.47. The number of carbonyl (C=O) groups is 1. The summed E-state index contributed by atoms with van der Waals surface area (Å²) in [6.07, 6.45) is 5.49. The number of hydrogen-bond acceptors (Lipinski definition) is 4. The first-order valence-electron chi connectivity index (χ1n) is 6.95. The van der Waals surface area contributed by atoms with E-state index in [1.807, 2.05) is 20.9 Å². The van der Waals surface area contributed by atoms with Gasteiger partial charge in [-0.25, -0.2) is 9.78 Å². The molecule has 0 aliphatic heterocycles. The van der Waals surface area contributed by atoms with Crippen molar-refractivity contribution >= 4 is 11.8 Å². The van der Waals surface area contributed by atoms with Gasteiger partial charge in [0, 0.05) is 19.8 Å². The Morgan fingerprint density at radius 2 is 2.26 bits per heavy atom. The van der Waals surface area contributed by atoms with Crippen molar-refractivity contribution in [1.29, 1.82) is 0 Å². The number of ether oxygens (including phenoxy) is 1. The van der Waals surface area contributed by atoms with Gasteiger partial charge in [0.25, 0.3) is 0 Å². The standard InChI is InChI=1S/C15H22N2O2/c1-11(2)19-15(18)13-8-5-9-16-14(13)17(3)10-12-6-4-7-12/h5,8-9,11-12H,4,6-7,10H2,1-3H3. The predicted octanol–water partition coefficient (Wildman–Crippen LogP) is 2.88. The largest absolute Gasteiger partial charge is 0.459 e. The smallest absolute Gasteiger partial charge is 0.342 e. The quantitative estimate of drug-likeness (QED) is 0.765. The van der Waals surface area contributed by atoms with Crippen molar-refractivity contribution in [2.75, 3.05) is 18.5 Å². The van der Waals surface area contributed by atoms with E-state index in [1.54, 1.807) is 18.3 Å². The molecule has 1 aromatic rings. The maximum absolute atomic E-state index is 12.1. The van der Waals surface area contributed by atoms with Gasteiger partial charge in [-0.05, 0) is 44.7 Å². The number of pyridine rings is 1. The summed E-state index contributed by atoms with van der Waals surface area (Å²) < 4.78 is 5.27. The molecule has 0 saturated heterocycles. The van der Waals surface area contributed by atoms with Gasteiger partial charge in [0.15, 0.2) is 0 Å². The van der Waals surface area contributed by atoms with Gasteiger partial charge in [0.2, 0.25) is 0 Å². The SMILES string of the molecule is CC(C)OC(=O)c1cccnc1N(C)CC1CCC1. The number of aromatic nitrogens is 1. The number of carbonyl (C=O) groups excluding carboxylic acids is 1. The number of anilines is 1. The van der Waals surface area contributed by atoms with Crippen LogP contribution in [0.3, 0.4) is 0 Å². The molecule has 4 nitrogen and oxygen atoms in total. The monoisotopic (exact) mass is 262 g/mol. The molecule has 0 aromatic carbocycles. The van der Waals surface area contributed by atoms with Gasteiger partial charge in [-0.15, -0.1) is 0 Å². The summed E-state index contributed by atoms with van der Waals surface area (Å²) in [6, 6.07) is 3.56. The first-order chi connectivity index (χ1) is 9.08. The number of nitrogens with zero attached hydrogens (tertiary/aromatic N) is 2. The molecule has 1 fully saturated rings. The van der Waals surface area contributed by atoms with Crippen LogP contribution >= 0.6 is 0 Å². The van der Waals surface area contributed by atoms with Crippen LogP contribution in [0.2, 0.25) is 0 Å². The molecule has 1 aromatic heterocycles. The van der Waals surface area contributed by atoms with Crippen LogP contribution in [0.15, 0.2) is 18.3 Å². The highest BCUT2D eigenvalue weighted by molar-refractivity contribution is 5.94. The van der Waals surface area contributed by atoms with E-state index in [2.05, 4.69) is 9.88 Å². The first kappa shape index (κ1) is 13.8. The molecule has 19 heavy (non-hydrogen) atoms. The summed E-state index contributed by atoms with van der Waals surface area (Å²) in [5, 5.41) is 0. The fourth-order valence-electron chi connectivity index (χ4n) is 2.29. The lowest BCUT2D eigenvalue weighted by Gasteiger charge is -2.31. The van der Waals surface area contributed by atoms with Gasteiger partial charge in [0.1, 0.15) is 11.4 Å². The van der Waals surface area contributed by atoms with Crippen LogP contribution in [0.1, 0.15) is 43.5 Å². The minimum absolute atomic E-state index is 0.113. The fraction of sp³-hybridized carbons (Fsp3) is 0.600. The summed E-state index contributed by atoms with van der Waals surface area (Å²) in [5.41, 5.74) is 0.554. The lowest BCUT2D eigenvalue weighted by Crippen LogP contribution is -2.31. The van der Waals surface area contributed by atoms with Gasteiger partial charge in [-0.1, -0.05) is 6.42 Å². The third-order valence-electron chi connectivity index (χ3n) is 3.47. The second-order valence-corrected chi connectivity index (χ2v) is 5.51. The molecule has 0 radical (unpaired) electrons. The van der Waals surface area contributed by atoms with Crippen LogP contribution in [-0.2, 0) is 4.74 Å². The van der Waals surface area contributed by atoms with E-state index < -0.39 is 0 Å². The normalized spacial score (nSPS) is 15.2. The molecule has 2 rings (SSSR count). The number of hydrogen-bond donors (Lipinski definition) is 0. The molecular weight excluding hydrogens is 240 g/mol. The second kappa shape index (κ2) is 6.04. The highest BCUT2D eigenvalue weighted by atomic mass is 16.5. The molecular formula is C15H22N2O2. The van der Waals surface area contributed by atoms with E-state index in [4.69, 9.17) is 4.74 Å². The Kier molecular flexibility index (Phi) is 4.40. The van der Waals surface area contributed by atoms with Gasteiger partial charge >= 0.3 is 5.97 Å². The Labute approximate surface area is 114 Å². The molecule has 0 bridgehead atoms. The van der Waals surface area contributed by atoms with E-state index >= 15 is 0 Å². The van der Waals surface area contributed by atoms with E-state index in [0.717, 1.165) is 18.3 Å². The van der Waals surface area contributed by atoms with E-state index in [-0.39, 0.29) is 12.1 Å². The van der Waals surface area contributed by atoms with Crippen molar-refractivity contribution in [3.8, 4) is 0 Å². The Hall–Kier alpha value is -1.58. The first-order valence-corrected chi connectivity index (χ1v) is 6.95. The highest BCUT2D eigenvalue weighted by Gasteiger charge is 2.23. The van der Waals surface area contributed by atoms with Crippen LogP contribution in [0, 0.1) is 5.92 Å². The van der Waals surface area contributed by atoms with Crippen LogP contribution in [-0.4, -0.2) is 30.6 Å². The topological polar surface area (TPSA) is 42.4 Å². The Balaban J connectivity index is 2.12. The molecule has 4 heteroatoms. The van der Waals surface area contributed by atoms with Crippen LogP contribution < -0.4 is 4.90 Å². The lowest BCUT2D eigenvalue weighted by atomic mass is 9.85. The van der Waals surface area contributed by atoms with Gasteiger partial charge in [0.05, 0.1) is 6.10 Å². The summed E-state index contributed by atoms with van der Waals surface area (Å²) in [6.45, 7) is 4.66. The molecule has 104 valence electrons. The molecule has 0 N–H and O–H groups in total. The molecule has 1 saturated carbocycles. The Morgan fingerprint density at radius 1 is 1.53 bits per heavy atom. The van der Waals surface area contributed by atoms with E-state index in [1.165, 1.54) is 19.3 Å². The minimum Gasteiger partial charge on any atom is -0.459 e. The van der Waals surface area contributed by atoms with Crippen molar-refractivity contribution in [3.05, 3.63) is 23.9 Å². The molecule has 1 aliphatic carbocycles. The average molecular weight is 262 g/mol. The lowest BCUT2D eigenvalue weighted by molar-refractivity contribution is 0.0378. The molecule has 0 amide bonds. The van der Waals surface area contributed by atoms with Crippen molar-refractivity contribution in [1.82, 2.24) is 4.98 Å². The number of esters is 1. The van der Waals surface area contributed by atoms with Gasteiger partial charge in [-0.3, -0.25) is 0 Å². The summed E-state index contributed by atoms with van der Waals surface area (Å²) in [5.74, 6) is 1.17. The second-order valence-electron chi connectivity index (χ2n) is 5.51. The van der Waals surface area contributed by atoms with Crippen molar-refractivity contribution < 1.29 is 9.53 Å². The van der Waals surface area contributed by atoms with Gasteiger partial charge in [-0.2, -0.15) is 0 Å². The zero-order valence-corrected chi connectivity index (χ0v) is 11.9. The maximum atomic E-state index is 12.1. The van der Waals surface area contributed by atoms with Crippen LogP contribution in [0.5, 0.6) is 0 Å². The Bertz CT molecular complexity index is 442. The molecule has 0 unspecified atom stereocenters. The summed E-state index contributed by atoms with van der Waals surface area (Å²) in [4.78, 5) is 18.5. The molecule has 1 heterocycles. The molecule has 1 aliphatic rings. The molecule has 0 atom stereocenters. The van der Waals surface area contributed by atoms with Crippen LogP contribution in [0.25, 0.3) is 0 Å². The van der Waals surface area contributed by atoms with Crippen molar-refractivity contribution in [2.24, 2.45) is 5.92 Å². The van der Waals surface area contributed by atoms with Crippen LogP contribution in [0.4, 0.5) is 5.82 Å². The third kappa shape index (κ3) is 3.46. The highest BCUT2D eigenvalue weighted by Crippen LogP contribution is 2.28. The number of rotatable bonds is 5. The van der Waals surface area contributed by atoms with Crippen molar-refractivity contribution in [2.45, 2.75) is 39.2 Å². The van der Waals surface area contributed by atoms with E-state index in [9.17, 15) is 4.79 Å². The minimum atomic E-state index is -0.293. The van der Waals surface area contributed by atoms with Gasteiger partial charge < -0.3 is 9.64 Å². The fourth-order valence-corrected chi connectivity index (χ4v) is 2.29. The predicted molar refractivity (Wildman–Crippen MR) is 75.4 cm³/mol. The maximum Gasteiger partial charge on any atom is 0.342 e. The van der Waals surface area contributed by atoms with E-state index in [0.29, 0.717) is 5.56 Å². The average Bonchev–Trinajstić information content (AvgIpc) is 2.32. The Morgan fingerprint density at radius 3 is 2.84 bits per heavy atom. The zero-order chi connectivity index (χ0) is 13.8. The zero-order valence-electron chi connectivity index (χ0n) is 11.9.